The lowest BCUT2D eigenvalue weighted by Gasteiger charge is -2.25. The Bertz CT molecular complexity index is 923. The molecule has 0 spiro atoms. The summed E-state index contributed by atoms with van der Waals surface area (Å²) in [5.74, 6) is -0.321. The molecule has 1 amide bonds. The maximum absolute atomic E-state index is 13.4. The number of hydrogen-bond acceptors (Lipinski definition) is 2. The summed E-state index contributed by atoms with van der Waals surface area (Å²) in [4.78, 5) is 12.4. The highest BCUT2D eigenvalue weighted by Crippen LogP contribution is 2.27. The molecule has 0 radical (unpaired) electrons. The highest BCUT2D eigenvalue weighted by molar-refractivity contribution is 5.84. The second-order valence-electron chi connectivity index (χ2n) is 7.34. The van der Waals surface area contributed by atoms with E-state index in [-0.39, 0.29) is 5.82 Å². The Morgan fingerprint density at radius 2 is 1.77 bits per heavy atom. The van der Waals surface area contributed by atoms with Gasteiger partial charge in [0.2, 0.25) is 0 Å². The van der Waals surface area contributed by atoms with Crippen LogP contribution in [0.5, 0.6) is 0 Å². The Kier molecular flexibility index (Phi) is 4.72. The van der Waals surface area contributed by atoms with Crippen molar-refractivity contribution in [2.24, 2.45) is 0 Å². The lowest BCUT2D eigenvalue weighted by molar-refractivity contribution is 0.0496. The first-order valence-electron chi connectivity index (χ1n) is 8.56. The van der Waals surface area contributed by atoms with Crippen LogP contribution in [-0.4, -0.2) is 16.3 Å². The maximum Gasteiger partial charge on any atom is 0.409 e. The van der Waals surface area contributed by atoms with Crippen LogP contribution >= 0.6 is 0 Å². The van der Waals surface area contributed by atoms with Gasteiger partial charge in [0.1, 0.15) is 17.6 Å². The van der Waals surface area contributed by atoms with Gasteiger partial charge in [-0.25, -0.2) is 9.18 Å². The Hall–Kier alpha value is -2.82. The van der Waals surface area contributed by atoms with Gasteiger partial charge in [-0.15, -0.1) is 0 Å². The molecule has 1 atom stereocenters. The van der Waals surface area contributed by atoms with Gasteiger partial charge in [0, 0.05) is 11.6 Å². The molecule has 3 aromatic rings. The van der Waals surface area contributed by atoms with Gasteiger partial charge in [-0.3, -0.25) is 5.32 Å². The van der Waals surface area contributed by atoms with E-state index in [2.05, 4.69) is 5.32 Å². The Balaban J connectivity index is 2.05. The molecule has 0 aliphatic heterocycles. The summed E-state index contributed by atoms with van der Waals surface area (Å²) in [6, 6.07) is 14.1. The molecule has 1 aromatic heterocycles. The first-order chi connectivity index (χ1) is 12.2. The second kappa shape index (κ2) is 6.83. The number of carbonyl (C=O) groups excluding carboxylic acids is 1. The Morgan fingerprint density at radius 3 is 2.42 bits per heavy atom. The summed E-state index contributed by atoms with van der Waals surface area (Å²) >= 11 is 0. The minimum atomic E-state index is -0.605. The Morgan fingerprint density at radius 1 is 1.12 bits per heavy atom. The van der Waals surface area contributed by atoms with E-state index >= 15 is 0 Å². The third-order valence-electron chi connectivity index (χ3n) is 4.06. The number of amides is 1. The zero-order chi connectivity index (χ0) is 18.9. The van der Waals surface area contributed by atoms with Crippen molar-refractivity contribution >= 4 is 17.0 Å². The largest absolute Gasteiger partial charge is 0.444 e. The molecule has 0 bridgehead atoms. The number of carbonyl (C=O) groups is 1. The predicted molar refractivity (Wildman–Crippen MR) is 101 cm³/mol. The normalized spacial score (nSPS) is 12.8. The van der Waals surface area contributed by atoms with Crippen molar-refractivity contribution in [2.75, 3.05) is 0 Å². The molecule has 4 nitrogen and oxygen atoms in total. The van der Waals surface area contributed by atoms with Gasteiger partial charge in [-0.2, -0.15) is 0 Å². The fraction of sp³-hybridized carbons (Fsp3) is 0.286. The van der Waals surface area contributed by atoms with E-state index in [4.69, 9.17) is 4.74 Å². The van der Waals surface area contributed by atoms with E-state index < -0.39 is 17.9 Å². The zero-order valence-corrected chi connectivity index (χ0v) is 15.4. The van der Waals surface area contributed by atoms with Crippen LogP contribution in [0.3, 0.4) is 0 Å². The van der Waals surface area contributed by atoms with Gasteiger partial charge in [0.05, 0.1) is 5.52 Å². The smallest absolute Gasteiger partial charge is 0.409 e. The summed E-state index contributed by atoms with van der Waals surface area (Å²) in [6.07, 6.45) is 0.946. The van der Waals surface area contributed by atoms with E-state index in [1.165, 1.54) is 12.1 Å². The maximum atomic E-state index is 13.4. The van der Waals surface area contributed by atoms with E-state index in [0.717, 1.165) is 22.0 Å². The van der Waals surface area contributed by atoms with Crippen LogP contribution in [0.15, 0.2) is 54.7 Å². The summed E-state index contributed by atoms with van der Waals surface area (Å²) in [5.41, 5.74) is 2.23. The van der Waals surface area contributed by atoms with Crippen LogP contribution in [0.2, 0.25) is 0 Å². The van der Waals surface area contributed by atoms with Crippen LogP contribution < -0.4 is 5.32 Å². The van der Waals surface area contributed by atoms with Crippen molar-refractivity contribution in [1.82, 2.24) is 9.88 Å². The van der Waals surface area contributed by atoms with Crippen LogP contribution in [0.1, 0.15) is 38.1 Å². The molecule has 26 heavy (non-hydrogen) atoms. The Labute approximate surface area is 152 Å². The van der Waals surface area contributed by atoms with Crippen LogP contribution in [0.25, 0.3) is 10.9 Å². The number of aromatic nitrogens is 1. The van der Waals surface area contributed by atoms with Crippen molar-refractivity contribution in [3.8, 4) is 0 Å². The minimum absolute atomic E-state index is 0.321. The lowest BCUT2D eigenvalue weighted by atomic mass is 10.1. The molecule has 0 unspecified atom stereocenters. The van der Waals surface area contributed by atoms with E-state index in [0.29, 0.717) is 0 Å². The third-order valence-corrected chi connectivity index (χ3v) is 4.06. The third kappa shape index (κ3) is 3.87. The summed E-state index contributed by atoms with van der Waals surface area (Å²) in [7, 11) is 0. The summed E-state index contributed by atoms with van der Waals surface area (Å²) in [6.45, 7) is 7.46. The van der Waals surface area contributed by atoms with Gasteiger partial charge in [-0.1, -0.05) is 30.3 Å². The molecule has 0 aliphatic rings. The van der Waals surface area contributed by atoms with Crippen LogP contribution in [0, 0.1) is 12.7 Å². The first-order valence-corrected chi connectivity index (χ1v) is 8.56. The molecule has 0 saturated heterocycles. The van der Waals surface area contributed by atoms with E-state index in [9.17, 15) is 9.18 Å². The molecule has 1 heterocycles. The van der Waals surface area contributed by atoms with Gasteiger partial charge >= 0.3 is 6.09 Å². The minimum Gasteiger partial charge on any atom is -0.444 e. The summed E-state index contributed by atoms with van der Waals surface area (Å²) < 4.78 is 20.8. The average Bonchev–Trinajstić information content (AvgIpc) is 2.89. The highest BCUT2D eigenvalue weighted by atomic mass is 19.1. The van der Waals surface area contributed by atoms with Crippen molar-refractivity contribution in [1.29, 1.82) is 0 Å². The van der Waals surface area contributed by atoms with Crippen LogP contribution in [-0.2, 0) is 4.74 Å². The predicted octanol–water partition coefficient (Wildman–Crippen LogP) is 5.16. The van der Waals surface area contributed by atoms with Gasteiger partial charge in [0.25, 0.3) is 0 Å². The molecule has 2 aromatic carbocycles. The van der Waals surface area contributed by atoms with Gasteiger partial charge in [-0.05, 0) is 57.0 Å². The molecule has 5 heteroatoms. The fourth-order valence-electron chi connectivity index (χ4n) is 2.97. The van der Waals surface area contributed by atoms with E-state index in [1.807, 2.05) is 62.7 Å². The highest BCUT2D eigenvalue weighted by Gasteiger charge is 2.23. The number of benzene rings is 2. The molecule has 0 fully saturated rings. The number of nitrogens with one attached hydrogen (secondary N) is 1. The number of ether oxygens (including phenoxy) is 1. The number of fused-ring (bicyclic) bond motifs is 1. The molecular formula is C21H23FN2O2. The van der Waals surface area contributed by atoms with Crippen LogP contribution in [0.4, 0.5) is 9.18 Å². The number of halogens is 1. The molecule has 136 valence electrons. The topological polar surface area (TPSA) is 43.3 Å². The van der Waals surface area contributed by atoms with Crippen molar-refractivity contribution < 1.29 is 13.9 Å². The van der Waals surface area contributed by atoms with Gasteiger partial charge < -0.3 is 9.30 Å². The molecule has 0 saturated carbocycles. The van der Waals surface area contributed by atoms with Gasteiger partial charge in [0.15, 0.2) is 0 Å². The number of hydrogen-bond donors (Lipinski definition) is 1. The first kappa shape index (κ1) is 18.0. The number of nitrogens with zero attached hydrogens (tertiary/aromatic N) is 1. The molecule has 1 N–H and O–H groups in total. The summed E-state index contributed by atoms with van der Waals surface area (Å²) in [5, 5.41) is 4.01. The molecular weight excluding hydrogens is 331 g/mol. The number of para-hydroxylation sites is 1. The standard InChI is InChI=1S/C21H23FN2O2/c1-14-13-24(18-8-6-5-7-17(14)18)19(15-9-11-16(22)12-10-15)23-20(25)26-21(2,3)4/h5-13,19H,1-4H3,(H,23,25)/t19-/m1/s1. The van der Waals surface area contributed by atoms with Crippen molar-refractivity contribution in [3.05, 3.63) is 71.7 Å². The SMILES string of the molecule is Cc1cn([C@@H](NC(=O)OC(C)(C)C)c2ccc(F)cc2)c2ccccc12. The molecule has 0 aliphatic carbocycles. The zero-order valence-electron chi connectivity index (χ0n) is 15.4. The monoisotopic (exact) mass is 354 g/mol. The number of alkyl carbamates (subject to hydrolysis) is 1. The average molecular weight is 354 g/mol. The number of aryl methyl sites for hydroxylation is 1. The number of rotatable bonds is 3. The van der Waals surface area contributed by atoms with E-state index in [1.54, 1.807) is 12.1 Å². The quantitative estimate of drug-likeness (QED) is 0.706. The fourth-order valence-corrected chi connectivity index (χ4v) is 2.97. The molecule has 3 rings (SSSR count). The van der Waals surface area contributed by atoms with Crippen molar-refractivity contribution in [2.45, 2.75) is 39.5 Å². The second-order valence-corrected chi connectivity index (χ2v) is 7.34. The lowest BCUT2D eigenvalue weighted by Crippen LogP contribution is -2.37. The van der Waals surface area contributed by atoms with Crippen molar-refractivity contribution in [3.63, 3.8) is 0 Å².